The largest absolute Gasteiger partial charge is 0.481 e. The maximum absolute atomic E-state index is 13.3. The van der Waals surface area contributed by atoms with Crippen molar-refractivity contribution in [3.8, 4) is 0 Å². The molecule has 0 radical (unpaired) electrons. The van der Waals surface area contributed by atoms with Crippen LogP contribution < -0.4 is 0 Å². The second kappa shape index (κ2) is 5.14. The Bertz CT molecular complexity index is 433. The Morgan fingerprint density at radius 2 is 2.24 bits per heavy atom. The number of carboxylic acid groups (broad SMARTS) is 1. The zero-order valence-electron chi connectivity index (χ0n) is 9.20. The number of rotatable bonds is 4. The van der Waals surface area contributed by atoms with Crippen molar-refractivity contribution < 1.29 is 14.3 Å². The Hall–Kier alpha value is -0.940. The van der Waals surface area contributed by atoms with Gasteiger partial charge in [0.1, 0.15) is 5.82 Å². The quantitative estimate of drug-likeness (QED) is 0.929. The van der Waals surface area contributed by atoms with E-state index < -0.39 is 5.97 Å². The van der Waals surface area contributed by atoms with Gasteiger partial charge in [0.25, 0.3) is 0 Å². The molecule has 0 spiro atoms. The van der Waals surface area contributed by atoms with Crippen molar-refractivity contribution in [3.05, 3.63) is 34.1 Å². The molecule has 0 amide bonds. The minimum Gasteiger partial charge on any atom is -0.481 e. The van der Waals surface area contributed by atoms with E-state index in [0.29, 0.717) is 11.0 Å². The molecule has 1 aliphatic rings. The summed E-state index contributed by atoms with van der Waals surface area (Å²) in [6, 6.07) is 4.97. The van der Waals surface area contributed by atoms with Crippen LogP contribution in [0.25, 0.3) is 0 Å². The molecule has 0 atom stereocenters. The third kappa shape index (κ3) is 3.04. The molecule has 92 valence electrons. The third-order valence-corrected chi connectivity index (χ3v) is 3.81. The minimum atomic E-state index is -0.749. The topological polar surface area (TPSA) is 40.5 Å². The number of nitrogens with zero attached hydrogens (tertiary/aromatic N) is 1. The molecule has 5 heteroatoms. The lowest BCUT2D eigenvalue weighted by molar-refractivity contribution is -0.139. The number of benzene rings is 1. The molecule has 1 aliphatic heterocycles. The molecule has 17 heavy (non-hydrogen) atoms. The fraction of sp³-hybridized carbons (Fsp3) is 0.417. The van der Waals surface area contributed by atoms with Gasteiger partial charge in [-0.15, -0.1) is 0 Å². The lowest BCUT2D eigenvalue weighted by Gasteiger charge is -2.38. The van der Waals surface area contributed by atoms with Crippen LogP contribution in [0, 0.1) is 11.7 Å². The van der Waals surface area contributed by atoms with Crippen LogP contribution in [0.3, 0.4) is 0 Å². The molecule has 1 heterocycles. The Morgan fingerprint density at radius 1 is 1.53 bits per heavy atom. The third-order valence-electron chi connectivity index (χ3n) is 2.92. The first-order valence-electron chi connectivity index (χ1n) is 5.43. The number of likely N-dealkylation sites (tertiary alicyclic amines) is 1. The summed E-state index contributed by atoms with van der Waals surface area (Å²) in [5.74, 6) is -0.772. The molecule has 0 bridgehead atoms. The van der Waals surface area contributed by atoms with Crippen molar-refractivity contribution in [3.63, 3.8) is 0 Å². The number of carbonyl (C=O) groups is 1. The van der Waals surface area contributed by atoms with Gasteiger partial charge in [0.05, 0.1) is 10.9 Å². The maximum Gasteiger partial charge on any atom is 0.303 e. The van der Waals surface area contributed by atoms with Crippen LogP contribution in [0.5, 0.6) is 0 Å². The zero-order chi connectivity index (χ0) is 12.4. The van der Waals surface area contributed by atoms with Crippen LogP contribution >= 0.6 is 15.9 Å². The summed E-state index contributed by atoms with van der Waals surface area (Å²) in [6.07, 6.45) is 0.223. The van der Waals surface area contributed by atoms with Crippen LogP contribution in [0.4, 0.5) is 4.39 Å². The number of carboxylic acids is 1. The van der Waals surface area contributed by atoms with Crippen LogP contribution in [-0.4, -0.2) is 29.1 Å². The summed E-state index contributed by atoms with van der Waals surface area (Å²) in [4.78, 5) is 12.6. The summed E-state index contributed by atoms with van der Waals surface area (Å²) < 4.78 is 13.8. The molecule has 1 N–H and O–H groups in total. The van der Waals surface area contributed by atoms with Gasteiger partial charge in [0, 0.05) is 19.6 Å². The van der Waals surface area contributed by atoms with Crippen molar-refractivity contribution in [1.82, 2.24) is 4.90 Å². The van der Waals surface area contributed by atoms with E-state index in [1.54, 1.807) is 6.07 Å². The molecular weight excluding hydrogens is 289 g/mol. The van der Waals surface area contributed by atoms with E-state index in [0.717, 1.165) is 18.7 Å². The Kier molecular flexibility index (Phi) is 3.79. The summed E-state index contributed by atoms with van der Waals surface area (Å²) in [7, 11) is 0. The molecule has 2 rings (SSSR count). The van der Waals surface area contributed by atoms with Crippen molar-refractivity contribution >= 4 is 21.9 Å². The predicted octanol–water partition coefficient (Wildman–Crippen LogP) is 2.49. The Labute approximate surface area is 107 Å². The highest BCUT2D eigenvalue weighted by molar-refractivity contribution is 9.10. The smallest absolute Gasteiger partial charge is 0.303 e. The van der Waals surface area contributed by atoms with E-state index in [1.807, 2.05) is 6.07 Å². The fourth-order valence-electron chi connectivity index (χ4n) is 2.09. The number of aliphatic carboxylic acids is 1. The summed E-state index contributed by atoms with van der Waals surface area (Å²) >= 11 is 3.22. The van der Waals surface area contributed by atoms with Crippen molar-refractivity contribution in [2.45, 2.75) is 13.0 Å². The number of hydrogen-bond donors (Lipinski definition) is 1. The monoisotopic (exact) mass is 301 g/mol. The van der Waals surface area contributed by atoms with E-state index >= 15 is 0 Å². The summed E-state index contributed by atoms with van der Waals surface area (Å²) in [5, 5.41) is 8.63. The first-order valence-corrected chi connectivity index (χ1v) is 6.22. The van der Waals surface area contributed by atoms with E-state index in [9.17, 15) is 9.18 Å². The van der Waals surface area contributed by atoms with Gasteiger partial charge in [-0.1, -0.05) is 12.1 Å². The van der Waals surface area contributed by atoms with Crippen LogP contribution in [0.15, 0.2) is 22.7 Å². The van der Waals surface area contributed by atoms with E-state index in [-0.39, 0.29) is 18.2 Å². The van der Waals surface area contributed by atoms with Gasteiger partial charge in [-0.2, -0.15) is 0 Å². The first kappa shape index (κ1) is 12.5. The normalized spacial score (nSPS) is 16.8. The van der Waals surface area contributed by atoms with Crippen LogP contribution in [-0.2, 0) is 11.3 Å². The van der Waals surface area contributed by atoms with Gasteiger partial charge in [-0.25, -0.2) is 4.39 Å². The molecule has 0 unspecified atom stereocenters. The highest BCUT2D eigenvalue weighted by Gasteiger charge is 2.28. The molecule has 1 aromatic carbocycles. The number of halogens is 2. The van der Waals surface area contributed by atoms with E-state index in [4.69, 9.17) is 5.11 Å². The van der Waals surface area contributed by atoms with Crippen LogP contribution in [0.2, 0.25) is 0 Å². The van der Waals surface area contributed by atoms with Crippen molar-refractivity contribution in [1.29, 1.82) is 0 Å². The average molecular weight is 302 g/mol. The van der Waals surface area contributed by atoms with Gasteiger partial charge >= 0.3 is 5.97 Å². The van der Waals surface area contributed by atoms with Crippen molar-refractivity contribution in [2.75, 3.05) is 13.1 Å². The highest BCUT2D eigenvalue weighted by atomic mass is 79.9. The van der Waals surface area contributed by atoms with Gasteiger partial charge in [0.2, 0.25) is 0 Å². The molecule has 1 saturated heterocycles. The highest BCUT2D eigenvalue weighted by Crippen LogP contribution is 2.26. The van der Waals surface area contributed by atoms with Gasteiger partial charge in [-0.3, -0.25) is 9.69 Å². The molecule has 3 nitrogen and oxygen atoms in total. The molecule has 0 saturated carbocycles. The zero-order valence-corrected chi connectivity index (χ0v) is 10.8. The molecular formula is C12H13BrFNO2. The second-order valence-corrected chi connectivity index (χ2v) is 5.16. The molecule has 1 aromatic rings. The average Bonchev–Trinajstić information content (AvgIpc) is 2.20. The molecule has 0 aliphatic carbocycles. The summed E-state index contributed by atoms with van der Waals surface area (Å²) in [6.45, 7) is 2.21. The lowest BCUT2D eigenvalue weighted by atomic mass is 9.96. The predicted molar refractivity (Wildman–Crippen MR) is 65.1 cm³/mol. The van der Waals surface area contributed by atoms with Gasteiger partial charge < -0.3 is 5.11 Å². The second-order valence-electron chi connectivity index (χ2n) is 4.37. The molecule has 0 aromatic heterocycles. The van der Waals surface area contributed by atoms with E-state index in [1.165, 1.54) is 6.07 Å². The fourth-order valence-corrected chi connectivity index (χ4v) is 2.48. The summed E-state index contributed by atoms with van der Waals surface area (Å²) in [5.41, 5.74) is 0.902. The van der Waals surface area contributed by atoms with Crippen molar-refractivity contribution in [2.24, 2.45) is 5.92 Å². The van der Waals surface area contributed by atoms with Gasteiger partial charge in [-0.05, 0) is 33.5 Å². The first-order chi connectivity index (χ1) is 8.06. The Morgan fingerprint density at radius 3 is 2.88 bits per heavy atom. The number of hydrogen-bond acceptors (Lipinski definition) is 2. The van der Waals surface area contributed by atoms with Gasteiger partial charge in [0.15, 0.2) is 0 Å². The van der Waals surface area contributed by atoms with E-state index in [2.05, 4.69) is 20.8 Å². The lowest BCUT2D eigenvalue weighted by Crippen LogP contribution is -2.46. The SMILES string of the molecule is O=C(O)CC1CN(Cc2cccc(F)c2Br)C1. The molecule has 1 fully saturated rings. The maximum atomic E-state index is 13.3. The standard InChI is InChI=1S/C12H13BrFNO2/c13-12-9(2-1-3-10(12)14)7-15-5-8(6-15)4-11(16)17/h1-3,8H,4-7H2,(H,16,17). The van der Waals surface area contributed by atoms with Crippen LogP contribution in [0.1, 0.15) is 12.0 Å². The Balaban J connectivity index is 1.88. The minimum absolute atomic E-state index is 0.223.